The summed E-state index contributed by atoms with van der Waals surface area (Å²) in [5.41, 5.74) is 4.50. The van der Waals surface area contributed by atoms with Gasteiger partial charge in [-0.1, -0.05) is 17.9 Å². The van der Waals surface area contributed by atoms with E-state index in [-0.39, 0.29) is 5.41 Å². The van der Waals surface area contributed by atoms with Crippen LogP contribution in [0.3, 0.4) is 0 Å². The minimum atomic E-state index is 0.0694. The second-order valence-corrected chi connectivity index (χ2v) is 7.18. The van der Waals surface area contributed by atoms with Gasteiger partial charge < -0.3 is 10.1 Å². The Labute approximate surface area is 132 Å². The second-order valence-electron chi connectivity index (χ2n) is 7.18. The standard InChI is InChI=1S/C20H23NO/c1-22-17-8-10-20(11-9-17)13-16-7-6-15(5-4-14-2-3-14)12-18(16)19(20)21/h6-7,12,14,17,21H,2-3,8-11,13H2,1H3/t17-,20-. The van der Waals surface area contributed by atoms with Crippen molar-refractivity contribution < 1.29 is 4.74 Å². The first kappa shape index (κ1) is 14.0. The average Bonchev–Trinajstić information content (AvgIpc) is 3.34. The molecule has 0 saturated heterocycles. The molecule has 0 bridgehead atoms. The third-order valence-corrected chi connectivity index (χ3v) is 5.66. The van der Waals surface area contributed by atoms with E-state index in [2.05, 4.69) is 30.0 Å². The van der Waals surface area contributed by atoms with Gasteiger partial charge in [-0.2, -0.15) is 0 Å². The SMILES string of the molecule is CO[C@H]1CC[C@]2(CC1)Cc1ccc(C#CC3CC3)cc1C2=N. The van der Waals surface area contributed by atoms with Crippen LogP contribution in [0.4, 0.5) is 0 Å². The van der Waals surface area contributed by atoms with Crippen LogP contribution in [-0.4, -0.2) is 18.9 Å². The average molecular weight is 293 g/mol. The maximum atomic E-state index is 8.73. The highest BCUT2D eigenvalue weighted by molar-refractivity contribution is 6.07. The van der Waals surface area contributed by atoms with Crippen LogP contribution in [0.1, 0.15) is 55.2 Å². The fourth-order valence-corrected chi connectivity index (χ4v) is 4.00. The highest BCUT2D eigenvalue weighted by atomic mass is 16.5. The maximum absolute atomic E-state index is 8.73. The van der Waals surface area contributed by atoms with E-state index in [1.807, 2.05) is 7.11 Å². The highest BCUT2D eigenvalue weighted by Crippen LogP contribution is 2.47. The Morgan fingerprint density at radius 3 is 2.64 bits per heavy atom. The lowest BCUT2D eigenvalue weighted by Crippen LogP contribution is -2.35. The third-order valence-electron chi connectivity index (χ3n) is 5.66. The summed E-state index contributed by atoms with van der Waals surface area (Å²) in [6, 6.07) is 6.50. The van der Waals surface area contributed by atoms with Crippen molar-refractivity contribution in [1.29, 1.82) is 5.41 Å². The Morgan fingerprint density at radius 1 is 1.18 bits per heavy atom. The van der Waals surface area contributed by atoms with E-state index in [1.54, 1.807) is 0 Å². The van der Waals surface area contributed by atoms with E-state index in [0.29, 0.717) is 12.0 Å². The molecule has 1 aromatic carbocycles. The van der Waals surface area contributed by atoms with E-state index in [4.69, 9.17) is 10.1 Å². The molecule has 2 nitrogen and oxygen atoms in total. The monoisotopic (exact) mass is 293 g/mol. The summed E-state index contributed by atoms with van der Waals surface area (Å²) in [5.74, 6) is 7.25. The van der Waals surface area contributed by atoms with Crippen molar-refractivity contribution in [2.45, 2.75) is 51.0 Å². The second kappa shape index (κ2) is 5.25. The summed E-state index contributed by atoms with van der Waals surface area (Å²) in [6.07, 6.45) is 8.29. The van der Waals surface area contributed by atoms with Crippen LogP contribution in [0.25, 0.3) is 0 Å². The molecule has 1 spiro atoms. The van der Waals surface area contributed by atoms with Crippen molar-refractivity contribution in [3.63, 3.8) is 0 Å². The molecule has 4 rings (SSSR count). The summed E-state index contributed by atoms with van der Waals surface area (Å²) in [7, 11) is 1.81. The Bertz CT molecular complexity index is 667. The molecule has 0 aromatic heterocycles. The number of methoxy groups -OCH3 is 1. The van der Waals surface area contributed by atoms with E-state index < -0.39 is 0 Å². The fourth-order valence-electron chi connectivity index (χ4n) is 4.00. The third kappa shape index (κ3) is 2.38. The fraction of sp³-hybridized carbons (Fsp3) is 0.550. The minimum absolute atomic E-state index is 0.0694. The van der Waals surface area contributed by atoms with Crippen molar-refractivity contribution in [1.82, 2.24) is 0 Å². The van der Waals surface area contributed by atoms with Crippen molar-refractivity contribution >= 4 is 5.71 Å². The first-order valence-corrected chi connectivity index (χ1v) is 8.47. The number of nitrogens with one attached hydrogen (secondary N) is 1. The zero-order valence-corrected chi connectivity index (χ0v) is 13.2. The van der Waals surface area contributed by atoms with Gasteiger partial charge in [-0.05, 0) is 62.6 Å². The maximum Gasteiger partial charge on any atom is 0.0572 e. The molecule has 2 heteroatoms. The van der Waals surface area contributed by atoms with Gasteiger partial charge in [-0.3, -0.25) is 0 Å². The van der Waals surface area contributed by atoms with Crippen molar-refractivity contribution in [3.05, 3.63) is 34.9 Å². The molecule has 3 aliphatic rings. The molecule has 0 unspecified atom stereocenters. The number of benzene rings is 1. The Kier molecular flexibility index (Phi) is 3.35. The Hall–Kier alpha value is -1.59. The molecule has 1 aromatic rings. The number of ether oxygens (including phenoxy) is 1. The van der Waals surface area contributed by atoms with Gasteiger partial charge in [0.15, 0.2) is 0 Å². The molecule has 22 heavy (non-hydrogen) atoms. The van der Waals surface area contributed by atoms with Crippen molar-refractivity contribution in [2.24, 2.45) is 11.3 Å². The van der Waals surface area contributed by atoms with E-state index in [1.165, 1.54) is 18.4 Å². The molecular formula is C20H23NO. The summed E-state index contributed by atoms with van der Waals surface area (Å²) < 4.78 is 5.50. The lowest BCUT2D eigenvalue weighted by atomic mass is 9.70. The van der Waals surface area contributed by atoms with Gasteiger partial charge in [0.1, 0.15) is 0 Å². The highest BCUT2D eigenvalue weighted by Gasteiger charge is 2.44. The number of hydrogen-bond donors (Lipinski definition) is 1. The zero-order valence-electron chi connectivity index (χ0n) is 13.2. The van der Waals surface area contributed by atoms with Crippen LogP contribution in [0.15, 0.2) is 18.2 Å². The van der Waals surface area contributed by atoms with Crippen LogP contribution in [-0.2, 0) is 11.2 Å². The number of hydrogen-bond acceptors (Lipinski definition) is 2. The first-order chi connectivity index (χ1) is 10.7. The van der Waals surface area contributed by atoms with E-state index in [9.17, 15) is 0 Å². The van der Waals surface area contributed by atoms with Gasteiger partial charge in [-0.15, -0.1) is 0 Å². The van der Waals surface area contributed by atoms with Gasteiger partial charge in [0.05, 0.1) is 6.10 Å². The molecule has 0 amide bonds. The zero-order chi connectivity index (χ0) is 15.2. The molecule has 3 aliphatic carbocycles. The lowest BCUT2D eigenvalue weighted by molar-refractivity contribution is 0.0467. The lowest BCUT2D eigenvalue weighted by Gasteiger charge is -2.36. The Morgan fingerprint density at radius 2 is 1.95 bits per heavy atom. The molecule has 0 aliphatic heterocycles. The van der Waals surface area contributed by atoms with E-state index in [0.717, 1.165) is 48.9 Å². The van der Waals surface area contributed by atoms with Gasteiger partial charge in [0.25, 0.3) is 0 Å². The van der Waals surface area contributed by atoms with Crippen molar-refractivity contribution in [3.8, 4) is 11.8 Å². The van der Waals surface area contributed by atoms with Crippen LogP contribution < -0.4 is 0 Å². The van der Waals surface area contributed by atoms with Crippen molar-refractivity contribution in [2.75, 3.05) is 7.11 Å². The van der Waals surface area contributed by atoms with Gasteiger partial charge >= 0.3 is 0 Å². The van der Waals surface area contributed by atoms with Gasteiger partial charge in [0, 0.05) is 35.3 Å². The normalized spacial score (nSPS) is 30.0. The summed E-state index contributed by atoms with van der Waals surface area (Å²) in [4.78, 5) is 0. The van der Waals surface area contributed by atoms with Gasteiger partial charge in [-0.25, -0.2) is 0 Å². The van der Waals surface area contributed by atoms with Crippen LogP contribution in [0.2, 0.25) is 0 Å². The molecule has 0 heterocycles. The van der Waals surface area contributed by atoms with Crippen LogP contribution in [0.5, 0.6) is 0 Å². The predicted octanol–water partition coefficient (Wildman–Crippen LogP) is 3.95. The molecule has 2 fully saturated rings. The largest absolute Gasteiger partial charge is 0.381 e. The topological polar surface area (TPSA) is 33.1 Å². The summed E-state index contributed by atoms with van der Waals surface area (Å²) in [6.45, 7) is 0. The molecule has 114 valence electrons. The van der Waals surface area contributed by atoms with E-state index >= 15 is 0 Å². The summed E-state index contributed by atoms with van der Waals surface area (Å²) in [5, 5.41) is 8.73. The van der Waals surface area contributed by atoms with Gasteiger partial charge in [0.2, 0.25) is 0 Å². The first-order valence-electron chi connectivity index (χ1n) is 8.47. The number of fused-ring (bicyclic) bond motifs is 1. The number of rotatable bonds is 1. The smallest absolute Gasteiger partial charge is 0.0572 e. The molecule has 0 radical (unpaired) electrons. The molecule has 2 saturated carbocycles. The molecule has 0 atom stereocenters. The predicted molar refractivity (Wildman–Crippen MR) is 88.3 cm³/mol. The summed E-state index contributed by atoms with van der Waals surface area (Å²) >= 11 is 0. The Balaban J connectivity index is 1.58. The quantitative estimate of drug-likeness (QED) is 0.781. The molecule has 1 N–H and O–H groups in total. The minimum Gasteiger partial charge on any atom is -0.381 e. The van der Waals surface area contributed by atoms with Crippen LogP contribution >= 0.6 is 0 Å². The molecular weight excluding hydrogens is 270 g/mol. The van der Waals surface area contributed by atoms with Crippen LogP contribution in [0, 0.1) is 28.6 Å².